The van der Waals surface area contributed by atoms with E-state index in [2.05, 4.69) is 16.5 Å². The Morgan fingerprint density at radius 1 is 1.10 bits per heavy atom. The average molecular weight is 428 g/mol. The van der Waals surface area contributed by atoms with Crippen LogP contribution in [-0.2, 0) is 23.6 Å². The zero-order valence-electron chi connectivity index (χ0n) is 16.5. The van der Waals surface area contributed by atoms with Gasteiger partial charge in [-0.3, -0.25) is 0 Å². The van der Waals surface area contributed by atoms with Crippen LogP contribution >= 0.6 is 11.8 Å². The summed E-state index contributed by atoms with van der Waals surface area (Å²) in [4.78, 5) is 4.62. The van der Waals surface area contributed by atoms with E-state index in [0.29, 0.717) is 25.6 Å². The van der Waals surface area contributed by atoms with Crippen LogP contribution in [0.1, 0.15) is 18.1 Å². The van der Waals surface area contributed by atoms with Crippen LogP contribution in [0, 0.1) is 5.82 Å². The molecule has 3 aromatic rings. The Hall–Kier alpha value is -2.71. The van der Waals surface area contributed by atoms with E-state index in [9.17, 15) is 4.39 Å². The molecule has 2 aliphatic heterocycles. The molecule has 6 nitrogen and oxygen atoms in total. The van der Waals surface area contributed by atoms with Crippen molar-refractivity contribution in [3.63, 3.8) is 0 Å². The van der Waals surface area contributed by atoms with Crippen molar-refractivity contribution in [3.05, 3.63) is 53.5 Å². The highest BCUT2D eigenvalue weighted by atomic mass is 32.2. The number of rotatable bonds is 5. The van der Waals surface area contributed by atoms with E-state index in [-0.39, 0.29) is 12.6 Å². The van der Waals surface area contributed by atoms with Gasteiger partial charge in [0.1, 0.15) is 24.8 Å². The third kappa shape index (κ3) is 3.61. The van der Waals surface area contributed by atoms with Crippen molar-refractivity contribution in [2.24, 2.45) is 0 Å². The maximum Gasteiger partial charge on any atom is 0.189 e. The highest BCUT2D eigenvalue weighted by Gasteiger charge is 2.19. The second-order valence-corrected chi connectivity index (χ2v) is 7.92. The zero-order chi connectivity index (χ0) is 20.5. The Labute approximate surface area is 177 Å². The lowest BCUT2D eigenvalue weighted by Crippen LogP contribution is -2.15. The molecule has 156 valence electrons. The molecule has 1 aromatic heterocycles. The number of hydrogen-bond donors (Lipinski definition) is 0. The first-order valence-electron chi connectivity index (χ1n) is 9.83. The van der Waals surface area contributed by atoms with Crippen LogP contribution in [0.2, 0.25) is 0 Å². The van der Waals surface area contributed by atoms with E-state index in [4.69, 9.17) is 18.9 Å². The SMILES string of the molecule is CCn1c(-c2ccc3c(c2)OCCO3)cnc1SCc1cc(F)cc2c1OCOC2. The number of nitrogens with zero attached hydrogens (tertiary/aromatic N) is 2. The van der Waals surface area contributed by atoms with Crippen molar-refractivity contribution in [2.75, 3.05) is 20.0 Å². The van der Waals surface area contributed by atoms with Crippen molar-refractivity contribution in [1.29, 1.82) is 0 Å². The third-order valence-electron chi connectivity index (χ3n) is 5.08. The third-order valence-corrected chi connectivity index (χ3v) is 6.12. The first-order valence-corrected chi connectivity index (χ1v) is 10.8. The Bertz CT molecular complexity index is 1090. The largest absolute Gasteiger partial charge is 0.486 e. The number of thioether (sulfide) groups is 1. The van der Waals surface area contributed by atoms with Gasteiger partial charge in [-0.05, 0) is 37.3 Å². The maximum absolute atomic E-state index is 14.0. The summed E-state index contributed by atoms with van der Waals surface area (Å²) in [6.07, 6.45) is 1.86. The molecule has 0 N–H and O–H groups in total. The van der Waals surface area contributed by atoms with Crippen molar-refractivity contribution >= 4 is 11.8 Å². The molecule has 3 heterocycles. The standard InChI is InChI=1S/C22H21FN2O4S/c1-2-25-18(14-3-4-19-20(9-14)28-6-5-27-19)10-24-22(25)30-12-16-8-17(23)7-15-11-26-13-29-21(15)16/h3-4,7-10H,2,5-6,11-13H2,1H3. The van der Waals surface area contributed by atoms with Crippen LogP contribution in [0.15, 0.2) is 41.7 Å². The number of ether oxygens (including phenoxy) is 4. The van der Waals surface area contributed by atoms with Gasteiger partial charge < -0.3 is 23.5 Å². The van der Waals surface area contributed by atoms with E-state index < -0.39 is 0 Å². The zero-order valence-corrected chi connectivity index (χ0v) is 17.3. The van der Waals surface area contributed by atoms with Gasteiger partial charge in [-0.1, -0.05) is 11.8 Å². The Balaban J connectivity index is 1.41. The Morgan fingerprint density at radius 2 is 1.97 bits per heavy atom. The lowest BCUT2D eigenvalue weighted by atomic mass is 10.1. The summed E-state index contributed by atoms with van der Waals surface area (Å²) in [5.74, 6) is 2.51. The summed E-state index contributed by atoms with van der Waals surface area (Å²) < 4.78 is 38.4. The fourth-order valence-electron chi connectivity index (χ4n) is 3.72. The maximum atomic E-state index is 14.0. The summed E-state index contributed by atoms with van der Waals surface area (Å²) >= 11 is 1.56. The van der Waals surface area contributed by atoms with Crippen molar-refractivity contribution < 1.29 is 23.3 Å². The fraction of sp³-hybridized carbons (Fsp3) is 0.318. The van der Waals surface area contributed by atoms with Crippen molar-refractivity contribution in [1.82, 2.24) is 9.55 Å². The molecule has 0 amide bonds. The second-order valence-electron chi connectivity index (χ2n) is 6.98. The van der Waals surface area contributed by atoms with Crippen LogP contribution in [0.25, 0.3) is 11.3 Å². The lowest BCUT2D eigenvalue weighted by molar-refractivity contribution is -0.0171. The predicted molar refractivity (Wildman–Crippen MR) is 111 cm³/mol. The molecule has 8 heteroatoms. The lowest BCUT2D eigenvalue weighted by Gasteiger charge is -2.21. The number of fused-ring (bicyclic) bond motifs is 2. The highest BCUT2D eigenvalue weighted by molar-refractivity contribution is 7.98. The first-order chi connectivity index (χ1) is 14.7. The summed E-state index contributed by atoms with van der Waals surface area (Å²) in [6.45, 7) is 4.52. The van der Waals surface area contributed by atoms with E-state index in [1.807, 2.05) is 24.4 Å². The van der Waals surface area contributed by atoms with Gasteiger partial charge in [0.2, 0.25) is 0 Å². The molecule has 0 aliphatic carbocycles. The minimum absolute atomic E-state index is 0.189. The fourth-order valence-corrected chi connectivity index (χ4v) is 4.73. The summed E-state index contributed by atoms with van der Waals surface area (Å²) in [6, 6.07) is 8.93. The summed E-state index contributed by atoms with van der Waals surface area (Å²) in [7, 11) is 0. The Kier molecular flexibility index (Phi) is 5.26. The first kappa shape index (κ1) is 19.3. The van der Waals surface area contributed by atoms with Crippen LogP contribution in [-0.4, -0.2) is 29.6 Å². The normalized spacial score (nSPS) is 14.9. The molecule has 0 saturated carbocycles. The van der Waals surface area contributed by atoms with Gasteiger partial charge in [-0.25, -0.2) is 9.37 Å². The van der Waals surface area contributed by atoms with Gasteiger partial charge >= 0.3 is 0 Å². The van der Waals surface area contributed by atoms with Crippen LogP contribution in [0.3, 0.4) is 0 Å². The molecule has 0 unspecified atom stereocenters. The predicted octanol–water partition coefficient (Wildman–Crippen LogP) is 4.64. The summed E-state index contributed by atoms with van der Waals surface area (Å²) in [5.41, 5.74) is 3.57. The number of aromatic nitrogens is 2. The van der Waals surface area contributed by atoms with E-state index >= 15 is 0 Å². The molecule has 0 spiro atoms. The van der Waals surface area contributed by atoms with E-state index in [1.54, 1.807) is 11.8 Å². The molecule has 0 atom stereocenters. The minimum Gasteiger partial charge on any atom is -0.486 e. The van der Waals surface area contributed by atoms with Crippen molar-refractivity contribution in [2.45, 2.75) is 31.0 Å². The molecule has 30 heavy (non-hydrogen) atoms. The van der Waals surface area contributed by atoms with E-state index in [0.717, 1.165) is 51.3 Å². The molecule has 0 bridgehead atoms. The topological polar surface area (TPSA) is 54.7 Å². The number of halogens is 1. The van der Waals surface area contributed by atoms with Crippen LogP contribution in [0.4, 0.5) is 4.39 Å². The highest BCUT2D eigenvalue weighted by Crippen LogP contribution is 2.37. The molecule has 0 radical (unpaired) electrons. The second kappa shape index (κ2) is 8.20. The van der Waals surface area contributed by atoms with E-state index in [1.165, 1.54) is 12.1 Å². The molecule has 0 fully saturated rings. The van der Waals surface area contributed by atoms with Gasteiger partial charge in [0, 0.05) is 29.0 Å². The molecule has 0 saturated heterocycles. The molecular weight excluding hydrogens is 407 g/mol. The number of imidazole rings is 1. The van der Waals surface area contributed by atoms with Crippen LogP contribution < -0.4 is 14.2 Å². The van der Waals surface area contributed by atoms with Gasteiger partial charge in [0.25, 0.3) is 0 Å². The average Bonchev–Trinajstić information content (AvgIpc) is 3.20. The molecule has 5 rings (SSSR count). The smallest absolute Gasteiger partial charge is 0.189 e. The van der Waals surface area contributed by atoms with Crippen LogP contribution in [0.5, 0.6) is 17.2 Å². The number of hydrogen-bond acceptors (Lipinski definition) is 6. The minimum atomic E-state index is -0.283. The van der Waals surface area contributed by atoms with Gasteiger partial charge in [-0.15, -0.1) is 0 Å². The Morgan fingerprint density at radius 3 is 2.83 bits per heavy atom. The molecular formula is C22H21FN2O4S. The van der Waals surface area contributed by atoms with Gasteiger partial charge in [-0.2, -0.15) is 0 Å². The quantitative estimate of drug-likeness (QED) is 0.552. The monoisotopic (exact) mass is 428 g/mol. The number of benzene rings is 2. The van der Waals surface area contributed by atoms with Gasteiger partial charge in [0.05, 0.1) is 18.5 Å². The summed E-state index contributed by atoms with van der Waals surface area (Å²) in [5, 5.41) is 0.868. The van der Waals surface area contributed by atoms with Gasteiger partial charge in [0.15, 0.2) is 23.4 Å². The van der Waals surface area contributed by atoms with Crippen molar-refractivity contribution in [3.8, 4) is 28.5 Å². The molecule has 2 aliphatic rings. The molecule has 2 aromatic carbocycles.